The van der Waals surface area contributed by atoms with Gasteiger partial charge < -0.3 is 4.90 Å². The van der Waals surface area contributed by atoms with Crippen molar-refractivity contribution in [2.24, 2.45) is 11.8 Å². The highest BCUT2D eigenvalue weighted by Crippen LogP contribution is 2.24. The normalized spacial score (nSPS) is 24.1. The summed E-state index contributed by atoms with van der Waals surface area (Å²) in [6, 6.07) is 4.56. The molecule has 2 rings (SSSR count). The molecule has 1 aliphatic rings. The van der Waals surface area contributed by atoms with Gasteiger partial charge in [0.25, 0.3) is 5.91 Å². The number of benzene rings is 1. The third kappa shape index (κ3) is 2.33. The van der Waals surface area contributed by atoms with Crippen LogP contribution in [-0.2, 0) is 0 Å². The summed E-state index contributed by atoms with van der Waals surface area (Å²) >= 11 is 0. The van der Waals surface area contributed by atoms with Crippen LogP contribution in [0.4, 0.5) is 4.39 Å². The summed E-state index contributed by atoms with van der Waals surface area (Å²) in [6.45, 7) is 7.61. The van der Waals surface area contributed by atoms with Crippen molar-refractivity contribution in [1.82, 2.24) is 4.90 Å². The number of aryl methyl sites for hydroxylation is 1. The second kappa shape index (κ2) is 4.47. The van der Waals surface area contributed by atoms with Crippen molar-refractivity contribution in [1.29, 1.82) is 0 Å². The number of amides is 1. The van der Waals surface area contributed by atoms with Crippen LogP contribution in [0.15, 0.2) is 18.2 Å². The van der Waals surface area contributed by atoms with Crippen LogP contribution in [0.3, 0.4) is 0 Å². The molecule has 0 bridgehead atoms. The Morgan fingerprint density at radius 2 is 1.88 bits per heavy atom. The van der Waals surface area contributed by atoms with Crippen molar-refractivity contribution >= 4 is 5.91 Å². The first-order valence-corrected chi connectivity index (χ1v) is 6.04. The number of likely N-dealkylation sites (tertiary alicyclic amines) is 1. The van der Waals surface area contributed by atoms with Gasteiger partial charge in [0.1, 0.15) is 5.82 Å². The molecular formula is C14H18FNO. The highest BCUT2D eigenvalue weighted by atomic mass is 19.1. The van der Waals surface area contributed by atoms with Gasteiger partial charge in [0.05, 0.1) is 0 Å². The molecule has 1 fully saturated rings. The van der Waals surface area contributed by atoms with E-state index >= 15 is 0 Å². The SMILES string of the molecule is Cc1cc(C(=O)N2CC(C)C(C)C2)ccc1F. The van der Waals surface area contributed by atoms with E-state index in [9.17, 15) is 9.18 Å². The topological polar surface area (TPSA) is 20.3 Å². The van der Waals surface area contributed by atoms with Crippen LogP contribution in [0.2, 0.25) is 0 Å². The number of carbonyl (C=O) groups excluding carboxylic acids is 1. The lowest BCUT2D eigenvalue weighted by molar-refractivity contribution is 0.0785. The van der Waals surface area contributed by atoms with Crippen LogP contribution in [-0.4, -0.2) is 23.9 Å². The van der Waals surface area contributed by atoms with Crippen LogP contribution >= 0.6 is 0 Å². The molecular weight excluding hydrogens is 217 g/mol. The molecule has 2 unspecified atom stereocenters. The minimum Gasteiger partial charge on any atom is -0.338 e. The van der Waals surface area contributed by atoms with Gasteiger partial charge >= 0.3 is 0 Å². The van der Waals surface area contributed by atoms with E-state index in [1.807, 2.05) is 4.90 Å². The van der Waals surface area contributed by atoms with Gasteiger partial charge in [0.2, 0.25) is 0 Å². The molecule has 1 saturated heterocycles. The van der Waals surface area contributed by atoms with E-state index in [2.05, 4.69) is 13.8 Å². The minimum atomic E-state index is -0.260. The first-order valence-electron chi connectivity index (χ1n) is 6.04. The van der Waals surface area contributed by atoms with E-state index in [-0.39, 0.29) is 11.7 Å². The maximum atomic E-state index is 13.1. The average molecular weight is 235 g/mol. The van der Waals surface area contributed by atoms with Gasteiger partial charge in [-0.15, -0.1) is 0 Å². The van der Waals surface area contributed by atoms with E-state index in [1.165, 1.54) is 6.07 Å². The summed E-state index contributed by atoms with van der Waals surface area (Å²) in [5.74, 6) is 0.843. The van der Waals surface area contributed by atoms with E-state index in [0.29, 0.717) is 23.0 Å². The monoisotopic (exact) mass is 235 g/mol. The van der Waals surface area contributed by atoms with Gasteiger partial charge in [-0.2, -0.15) is 0 Å². The maximum Gasteiger partial charge on any atom is 0.253 e. The summed E-state index contributed by atoms with van der Waals surface area (Å²) in [4.78, 5) is 14.1. The Hall–Kier alpha value is -1.38. The third-order valence-corrected chi connectivity index (χ3v) is 3.68. The van der Waals surface area contributed by atoms with E-state index in [0.717, 1.165) is 13.1 Å². The summed E-state index contributed by atoms with van der Waals surface area (Å²) in [6.07, 6.45) is 0. The van der Waals surface area contributed by atoms with Crippen LogP contribution in [0.1, 0.15) is 29.8 Å². The molecule has 3 heteroatoms. The molecule has 92 valence electrons. The minimum absolute atomic E-state index is 0.0179. The Bertz CT molecular complexity index is 434. The van der Waals surface area contributed by atoms with E-state index in [1.54, 1.807) is 19.1 Å². The second-order valence-electron chi connectivity index (χ2n) is 5.13. The molecule has 0 aliphatic carbocycles. The number of carbonyl (C=O) groups is 1. The van der Waals surface area contributed by atoms with Gasteiger partial charge in [-0.3, -0.25) is 4.79 Å². The van der Waals surface area contributed by atoms with E-state index in [4.69, 9.17) is 0 Å². The molecule has 1 heterocycles. The van der Waals surface area contributed by atoms with Crippen molar-refractivity contribution in [3.63, 3.8) is 0 Å². The summed E-state index contributed by atoms with van der Waals surface area (Å²) in [7, 11) is 0. The highest BCUT2D eigenvalue weighted by Gasteiger charge is 2.29. The number of nitrogens with zero attached hydrogens (tertiary/aromatic N) is 1. The quantitative estimate of drug-likeness (QED) is 0.733. The molecule has 1 amide bonds. The van der Waals surface area contributed by atoms with Crippen LogP contribution in [0, 0.1) is 24.6 Å². The zero-order valence-corrected chi connectivity index (χ0v) is 10.5. The molecule has 17 heavy (non-hydrogen) atoms. The van der Waals surface area contributed by atoms with Crippen molar-refractivity contribution in [2.75, 3.05) is 13.1 Å². The number of halogens is 1. The first kappa shape index (κ1) is 12.1. The maximum absolute atomic E-state index is 13.1. The number of hydrogen-bond donors (Lipinski definition) is 0. The Morgan fingerprint density at radius 1 is 1.29 bits per heavy atom. The fourth-order valence-electron chi connectivity index (χ4n) is 2.26. The molecule has 0 radical (unpaired) electrons. The summed E-state index contributed by atoms with van der Waals surface area (Å²) in [5.41, 5.74) is 1.11. The second-order valence-corrected chi connectivity index (χ2v) is 5.13. The fraction of sp³-hybridized carbons (Fsp3) is 0.500. The lowest BCUT2D eigenvalue weighted by atomic mass is 10.0. The molecule has 1 aromatic carbocycles. The standard InChI is InChI=1S/C14H18FNO/c1-9-6-12(4-5-13(9)15)14(17)16-7-10(2)11(3)8-16/h4-6,10-11H,7-8H2,1-3H3. The molecule has 2 nitrogen and oxygen atoms in total. The van der Waals surface area contributed by atoms with Crippen molar-refractivity contribution in [3.8, 4) is 0 Å². The molecule has 0 aromatic heterocycles. The van der Waals surface area contributed by atoms with Gasteiger partial charge in [-0.25, -0.2) is 4.39 Å². The van der Waals surface area contributed by atoms with Crippen molar-refractivity contribution in [3.05, 3.63) is 35.1 Å². The van der Waals surface area contributed by atoms with Gasteiger partial charge in [0, 0.05) is 18.7 Å². The Kier molecular flexibility index (Phi) is 3.18. The molecule has 0 N–H and O–H groups in total. The number of hydrogen-bond acceptors (Lipinski definition) is 1. The average Bonchev–Trinajstić information content (AvgIpc) is 2.62. The zero-order valence-electron chi connectivity index (χ0n) is 10.5. The Labute approximate surface area is 101 Å². The van der Waals surface area contributed by atoms with E-state index < -0.39 is 0 Å². The third-order valence-electron chi connectivity index (χ3n) is 3.68. The Balaban J connectivity index is 2.17. The molecule has 1 aromatic rings. The van der Waals surface area contributed by atoms with Gasteiger partial charge in [-0.05, 0) is 42.5 Å². The largest absolute Gasteiger partial charge is 0.338 e. The first-order chi connectivity index (χ1) is 7.99. The molecule has 2 atom stereocenters. The summed E-state index contributed by atoms with van der Waals surface area (Å²) < 4.78 is 13.1. The predicted octanol–water partition coefficient (Wildman–Crippen LogP) is 2.86. The zero-order chi connectivity index (χ0) is 12.6. The smallest absolute Gasteiger partial charge is 0.253 e. The van der Waals surface area contributed by atoms with Crippen LogP contribution in [0.5, 0.6) is 0 Å². The van der Waals surface area contributed by atoms with Crippen molar-refractivity contribution in [2.45, 2.75) is 20.8 Å². The van der Waals surface area contributed by atoms with Gasteiger partial charge in [0.15, 0.2) is 0 Å². The van der Waals surface area contributed by atoms with Gasteiger partial charge in [-0.1, -0.05) is 13.8 Å². The van der Waals surface area contributed by atoms with Crippen LogP contribution in [0.25, 0.3) is 0 Å². The summed E-state index contributed by atoms with van der Waals surface area (Å²) in [5, 5.41) is 0. The van der Waals surface area contributed by atoms with Crippen LogP contribution < -0.4 is 0 Å². The fourth-order valence-corrected chi connectivity index (χ4v) is 2.26. The molecule has 0 saturated carbocycles. The molecule has 1 aliphatic heterocycles. The molecule has 0 spiro atoms. The Morgan fingerprint density at radius 3 is 2.41 bits per heavy atom. The lowest BCUT2D eigenvalue weighted by Crippen LogP contribution is -2.28. The number of rotatable bonds is 1. The lowest BCUT2D eigenvalue weighted by Gasteiger charge is -2.16. The highest BCUT2D eigenvalue weighted by molar-refractivity contribution is 5.94. The van der Waals surface area contributed by atoms with Crippen molar-refractivity contribution < 1.29 is 9.18 Å². The predicted molar refractivity (Wildman–Crippen MR) is 65.4 cm³/mol.